The van der Waals surface area contributed by atoms with Gasteiger partial charge >= 0.3 is 5.19 Å². The average Bonchev–Trinajstić information content (AvgIpc) is 2.49. The van der Waals surface area contributed by atoms with Crippen LogP contribution in [0.25, 0.3) is 0 Å². The van der Waals surface area contributed by atoms with E-state index in [2.05, 4.69) is 10.2 Å². The van der Waals surface area contributed by atoms with Crippen LogP contribution in [0.3, 0.4) is 0 Å². The molecule has 0 amide bonds. The second-order valence-corrected chi connectivity index (χ2v) is 3.59. The van der Waals surface area contributed by atoms with Crippen LogP contribution in [-0.2, 0) is 0 Å². The summed E-state index contributed by atoms with van der Waals surface area (Å²) in [5, 5.41) is 7.40. The van der Waals surface area contributed by atoms with E-state index in [4.69, 9.17) is 10.5 Å². The maximum atomic E-state index is 12.8. The maximum Gasteiger partial charge on any atom is 0.301 e. The predicted molar refractivity (Wildman–Crippen MR) is 50.8 cm³/mol. The van der Waals surface area contributed by atoms with Crippen LogP contribution in [0.2, 0.25) is 0 Å². The third-order valence-electron chi connectivity index (χ3n) is 1.46. The minimum atomic E-state index is -0.720. The van der Waals surface area contributed by atoms with E-state index < -0.39 is 11.6 Å². The third kappa shape index (κ3) is 2.38. The summed E-state index contributed by atoms with van der Waals surface area (Å²) in [5.41, 5.74) is 5.31. The van der Waals surface area contributed by atoms with Crippen LogP contribution in [0.4, 0.5) is 13.9 Å². The van der Waals surface area contributed by atoms with E-state index in [0.29, 0.717) is 0 Å². The van der Waals surface area contributed by atoms with Gasteiger partial charge in [-0.3, -0.25) is 0 Å². The molecule has 0 spiro atoms. The lowest BCUT2D eigenvalue weighted by atomic mass is 10.3. The van der Waals surface area contributed by atoms with Crippen molar-refractivity contribution >= 4 is 16.5 Å². The normalized spacial score (nSPS) is 10.3. The van der Waals surface area contributed by atoms with Crippen LogP contribution in [0, 0.1) is 11.6 Å². The van der Waals surface area contributed by atoms with Gasteiger partial charge in [0.05, 0.1) is 0 Å². The van der Waals surface area contributed by atoms with Crippen molar-refractivity contribution in [3.8, 4) is 10.9 Å². The molecular formula is C8H5F2N3OS. The number of nitrogen functional groups attached to an aromatic ring is 1. The standard InChI is InChI=1S/C8H5F2N3OS/c9-4-1-5(10)3-6(2-4)14-8-13-12-7(11)15-8/h1-3H,(H2,11,12). The van der Waals surface area contributed by atoms with Gasteiger partial charge in [-0.2, -0.15) is 0 Å². The summed E-state index contributed by atoms with van der Waals surface area (Å²) in [6.45, 7) is 0. The Morgan fingerprint density at radius 2 is 1.80 bits per heavy atom. The Bertz CT molecular complexity index is 468. The molecule has 2 aromatic rings. The van der Waals surface area contributed by atoms with Crippen LogP contribution >= 0.6 is 11.3 Å². The van der Waals surface area contributed by atoms with Crippen molar-refractivity contribution in [1.29, 1.82) is 0 Å². The number of nitrogens with two attached hydrogens (primary N) is 1. The van der Waals surface area contributed by atoms with Gasteiger partial charge < -0.3 is 10.5 Å². The van der Waals surface area contributed by atoms with Crippen LogP contribution in [0.15, 0.2) is 18.2 Å². The molecule has 0 atom stereocenters. The minimum Gasteiger partial charge on any atom is -0.430 e. The number of halogens is 2. The Labute approximate surface area is 87.3 Å². The largest absolute Gasteiger partial charge is 0.430 e. The highest BCUT2D eigenvalue weighted by molar-refractivity contribution is 7.16. The van der Waals surface area contributed by atoms with E-state index in [1.165, 1.54) is 0 Å². The average molecular weight is 229 g/mol. The summed E-state index contributed by atoms with van der Waals surface area (Å²) in [4.78, 5) is 0. The number of hydrogen-bond acceptors (Lipinski definition) is 5. The van der Waals surface area contributed by atoms with Gasteiger partial charge in [-0.15, -0.1) is 5.10 Å². The topological polar surface area (TPSA) is 61.0 Å². The number of ether oxygens (including phenoxy) is 1. The molecule has 15 heavy (non-hydrogen) atoms. The lowest BCUT2D eigenvalue weighted by Crippen LogP contribution is -1.86. The smallest absolute Gasteiger partial charge is 0.301 e. The number of nitrogens with zero attached hydrogens (tertiary/aromatic N) is 2. The molecule has 0 aliphatic rings. The van der Waals surface area contributed by atoms with Crippen LogP contribution in [0.5, 0.6) is 10.9 Å². The molecule has 78 valence electrons. The Morgan fingerprint density at radius 1 is 1.13 bits per heavy atom. The zero-order chi connectivity index (χ0) is 10.8. The number of benzene rings is 1. The molecule has 0 aliphatic heterocycles. The molecule has 1 aromatic heterocycles. The van der Waals surface area contributed by atoms with Crippen molar-refractivity contribution in [2.45, 2.75) is 0 Å². The van der Waals surface area contributed by atoms with Crippen molar-refractivity contribution in [2.75, 3.05) is 5.73 Å². The quantitative estimate of drug-likeness (QED) is 0.857. The highest BCUT2D eigenvalue weighted by atomic mass is 32.1. The Balaban J connectivity index is 2.24. The summed E-state index contributed by atoms with van der Waals surface area (Å²) in [5.74, 6) is -1.42. The molecule has 0 fully saturated rings. The number of hydrogen-bond donors (Lipinski definition) is 1. The molecule has 7 heteroatoms. The van der Waals surface area contributed by atoms with Gasteiger partial charge in [0, 0.05) is 18.2 Å². The van der Waals surface area contributed by atoms with E-state index in [1.807, 2.05) is 0 Å². The molecule has 2 N–H and O–H groups in total. The molecule has 2 rings (SSSR count). The van der Waals surface area contributed by atoms with Crippen LogP contribution < -0.4 is 10.5 Å². The van der Waals surface area contributed by atoms with Crippen LogP contribution in [0.1, 0.15) is 0 Å². The fraction of sp³-hybridized carbons (Fsp3) is 0. The second-order valence-electron chi connectivity index (χ2n) is 2.61. The van der Waals surface area contributed by atoms with Gasteiger partial charge in [0.15, 0.2) is 0 Å². The first-order chi connectivity index (χ1) is 7.13. The van der Waals surface area contributed by atoms with Gasteiger partial charge in [0.25, 0.3) is 0 Å². The predicted octanol–water partition coefficient (Wildman–Crippen LogP) is 2.19. The zero-order valence-electron chi connectivity index (χ0n) is 7.28. The molecular weight excluding hydrogens is 224 g/mol. The number of aromatic nitrogens is 2. The fourth-order valence-corrected chi connectivity index (χ4v) is 1.43. The van der Waals surface area contributed by atoms with Crippen molar-refractivity contribution < 1.29 is 13.5 Å². The molecule has 0 aliphatic carbocycles. The lowest BCUT2D eigenvalue weighted by Gasteiger charge is -2.00. The molecule has 1 aromatic carbocycles. The van der Waals surface area contributed by atoms with E-state index in [1.54, 1.807) is 0 Å². The molecule has 4 nitrogen and oxygen atoms in total. The molecule has 0 saturated heterocycles. The highest BCUT2D eigenvalue weighted by Gasteiger charge is 2.06. The van der Waals surface area contributed by atoms with Gasteiger partial charge in [0.1, 0.15) is 17.4 Å². The third-order valence-corrected chi connectivity index (χ3v) is 2.09. The first-order valence-corrected chi connectivity index (χ1v) is 4.68. The van der Waals surface area contributed by atoms with E-state index >= 15 is 0 Å². The molecule has 0 saturated carbocycles. The summed E-state index contributed by atoms with van der Waals surface area (Å²) >= 11 is 0.983. The van der Waals surface area contributed by atoms with E-state index in [9.17, 15) is 8.78 Å². The van der Waals surface area contributed by atoms with Crippen molar-refractivity contribution in [2.24, 2.45) is 0 Å². The Kier molecular flexibility index (Phi) is 2.46. The SMILES string of the molecule is Nc1nnc(Oc2cc(F)cc(F)c2)s1. The maximum absolute atomic E-state index is 12.8. The van der Waals surface area contributed by atoms with E-state index in [0.717, 1.165) is 29.5 Å². The summed E-state index contributed by atoms with van der Waals surface area (Å²) in [6.07, 6.45) is 0. The summed E-state index contributed by atoms with van der Waals surface area (Å²) in [6, 6.07) is 2.84. The fourth-order valence-electron chi connectivity index (χ4n) is 0.950. The monoisotopic (exact) mass is 229 g/mol. The summed E-state index contributed by atoms with van der Waals surface area (Å²) in [7, 11) is 0. The molecule has 1 heterocycles. The highest BCUT2D eigenvalue weighted by Crippen LogP contribution is 2.26. The first kappa shape index (κ1) is 9.78. The lowest BCUT2D eigenvalue weighted by molar-refractivity contribution is 0.460. The minimum absolute atomic E-state index is 0.0173. The number of rotatable bonds is 2. The second kappa shape index (κ2) is 3.77. The first-order valence-electron chi connectivity index (χ1n) is 3.86. The van der Waals surface area contributed by atoms with Crippen molar-refractivity contribution in [3.63, 3.8) is 0 Å². The van der Waals surface area contributed by atoms with Gasteiger partial charge in [-0.1, -0.05) is 5.10 Å². The Hall–Kier alpha value is -1.76. The molecule has 0 unspecified atom stereocenters. The Morgan fingerprint density at radius 3 is 2.33 bits per heavy atom. The molecule has 0 radical (unpaired) electrons. The number of anilines is 1. The van der Waals surface area contributed by atoms with Crippen molar-refractivity contribution in [1.82, 2.24) is 10.2 Å². The van der Waals surface area contributed by atoms with Gasteiger partial charge in [-0.05, 0) is 11.3 Å². The van der Waals surface area contributed by atoms with Crippen LogP contribution in [-0.4, -0.2) is 10.2 Å². The molecule has 0 bridgehead atoms. The summed E-state index contributed by atoms with van der Waals surface area (Å²) < 4.78 is 30.6. The van der Waals surface area contributed by atoms with E-state index in [-0.39, 0.29) is 16.1 Å². The van der Waals surface area contributed by atoms with Gasteiger partial charge in [0.2, 0.25) is 5.13 Å². The van der Waals surface area contributed by atoms with Crippen molar-refractivity contribution in [3.05, 3.63) is 29.8 Å². The zero-order valence-corrected chi connectivity index (χ0v) is 8.09. The van der Waals surface area contributed by atoms with Gasteiger partial charge in [-0.25, -0.2) is 8.78 Å².